The predicted molar refractivity (Wildman–Crippen MR) is 96.2 cm³/mol. The molecule has 2 heterocycles. The molecule has 0 saturated heterocycles. The van der Waals surface area contributed by atoms with E-state index in [2.05, 4.69) is 15.3 Å². The van der Waals surface area contributed by atoms with Gasteiger partial charge in [0.1, 0.15) is 11.5 Å². The predicted octanol–water partition coefficient (Wildman–Crippen LogP) is 3.57. The van der Waals surface area contributed by atoms with E-state index in [-0.39, 0.29) is 11.8 Å². The van der Waals surface area contributed by atoms with Crippen LogP contribution in [0.1, 0.15) is 47.5 Å². The van der Waals surface area contributed by atoms with Gasteiger partial charge >= 0.3 is 0 Å². The Bertz CT molecular complexity index is 893. The topological polar surface area (TPSA) is 80.1 Å². The molecule has 0 unspecified atom stereocenters. The summed E-state index contributed by atoms with van der Waals surface area (Å²) in [6.45, 7) is 6.25. The first-order valence-electron chi connectivity index (χ1n) is 8.39. The van der Waals surface area contributed by atoms with E-state index in [4.69, 9.17) is 9.15 Å². The fourth-order valence-electron chi connectivity index (χ4n) is 2.76. The van der Waals surface area contributed by atoms with Gasteiger partial charge in [0.25, 0.3) is 5.91 Å². The van der Waals surface area contributed by atoms with Gasteiger partial charge in [-0.15, -0.1) is 0 Å². The molecular weight excluding hydrogens is 318 g/mol. The molecule has 0 spiro atoms. The van der Waals surface area contributed by atoms with Gasteiger partial charge in [0, 0.05) is 29.6 Å². The lowest BCUT2D eigenvalue weighted by Gasteiger charge is -2.04. The van der Waals surface area contributed by atoms with E-state index in [1.807, 2.05) is 38.2 Å². The third kappa shape index (κ3) is 3.52. The van der Waals surface area contributed by atoms with Crippen LogP contribution >= 0.6 is 0 Å². The number of carbonyl (C=O) groups excluding carboxylic acids is 1. The minimum Gasteiger partial charge on any atom is -0.497 e. The molecule has 0 fully saturated rings. The van der Waals surface area contributed by atoms with Crippen molar-refractivity contribution in [1.29, 1.82) is 0 Å². The summed E-state index contributed by atoms with van der Waals surface area (Å²) in [5.74, 6) is 1.91. The van der Waals surface area contributed by atoms with Crippen molar-refractivity contribution in [1.82, 2.24) is 15.3 Å². The summed E-state index contributed by atoms with van der Waals surface area (Å²) in [6.07, 6.45) is 2.68. The van der Waals surface area contributed by atoms with Gasteiger partial charge in [-0.05, 0) is 37.1 Å². The van der Waals surface area contributed by atoms with Crippen LogP contribution in [0.2, 0.25) is 0 Å². The van der Waals surface area contributed by atoms with Gasteiger partial charge in [-0.25, -0.2) is 4.98 Å². The monoisotopic (exact) mass is 341 g/mol. The summed E-state index contributed by atoms with van der Waals surface area (Å²) in [6, 6.07) is 5.91. The number of hydrogen-bond donors (Lipinski definition) is 2. The quantitative estimate of drug-likeness (QED) is 0.718. The fourth-order valence-corrected chi connectivity index (χ4v) is 2.76. The summed E-state index contributed by atoms with van der Waals surface area (Å²) in [5, 5.41) is 4.02. The highest BCUT2D eigenvalue weighted by molar-refractivity contribution is 5.93. The number of oxazole rings is 1. The molecule has 3 aromatic rings. The first-order chi connectivity index (χ1) is 12.0. The molecule has 1 aromatic carbocycles. The second-order valence-electron chi connectivity index (χ2n) is 6.34. The maximum absolute atomic E-state index is 12.3. The average Bonchev–Trinajstić information content (AvgIpc) is 3.18. The molecule has 0 aliphatic carbocycles. The van der Waals surface area contributed by atoms with Gasteiger partial charge in [0.2, 0.25) is 0 Å². The van der Waals surface area contributed by atoms with Crippen LogP contribution in [0.3, 0.4) is 0 Å². The van der Waals surface area contributed by atoms with E-state index in [0.29, 0.717) is 30.3 Å². The number of aromatic nitrogens is 2. The lowest BCUT2D eigenvalue weighted by molar-refractivity contribution is 0.0948. The molecule has 1 amide bonds. The highest BCUT2D eigenvalue weighted by Crippen LogP contribution is 2.24. The van der Waals surface area contributed by atoms with E-state index in [1.165, 1.54) is 0 Å². The Labute approximate surface area is 146 Å². The number of H-pyrrole nitrogens is 1. The van der Waals surface area contributed by atoms with Gasteiger partial charge in [-0.1, -0.05) is 13.8 Å². The molecular formula is C19H23N3O3. The van der Waals surface area contributed by atoms with E-state index in [9.17, 15) is 4.79 Å². The van der Waals surface area contributed by atoms with Gasteiger partial charge in [-0.2, -0.15) is 0 Å². The van der Waals surface area contributed by atoms with Crippen molar-refractivity contribution in [3.05, 3.63) is 47.3 Å². The molecule has 25 heavy (non-hydrogen) atoms. The van der Waals surface area contributed by atoms with Crippen molar-refractivity contribution in [3.8, 4) is 5.75 Å². The number of amides is 1. The number of benzene rings is 1. The molecule has 0 aliphatic rings. The molecule has 0 atom stereocenters. The van der Waals surface area contributed by atoms with Crippen molar-refractivity contribution in [2.75, 3.05) is 13.7 Å². The van der Waals surface area contributed by atoms with Crippen molar-refractivity contribution < 1.29 is 13.9 Å². The van der Waals surface area contributed by atoms with Gasteiger partial charge in [0.05, 0.1) is 7.11 Å². The van der Waals surface area contributed by atoms with Crippen LogP contribution in [0.25, 0.3) is 10.9 Å². The number of nitrogens with zero attached hydrogens (tertiary/aromatic N) is 1. The summed E-state index contributed by atoms with van der Waals surface area (Å²) in [4.78, 5) is 19.9. The Morgan fingerprint density at radius 2 is 2.20 bits per heavy atom. The Morgan fingerprint density at radius 1 is 1.40 bits per heavy atom. The maximum atomic E-state index is 12.3. The molecule has 0 saturated carbocycles. The third-order valence-electron chi connectivity index (χ3n) is 4.18. The van der Waals surface area contributed by atoms with Gasteiger partial charge in [-0.3, -0.25) is 4.79 Å². The minimum atomic E-state index is -0.203. The van der Waals surface area contributed by atoms with Crippen LogP contribution in [-0.2, 0) is 6.42 Å². The van der Waals surface area contributed by atoms with Crippen molar-refractivity contribution >= 4 is 16.8 Å². The Balaban J connectivity index is 1.66. The number of carbonyl (C=O) groups is 1. The summed E-state index contributed by atoms with van der Waals surface area (Å²) in [5.41, 5.74) is 2.55. The van der Waals surface area contributed by atoms with Gasteiger partial charge < -0.3 is 19.5 Å². The highest BCUT2D eigenvalue weighted by atomic mass is 16.5. The molecule has 132 valence electrons. The Morgan fingerprint density at radius 3 is 2.88 bits per heavy atom. The molecule has 6 nitrogen and oxygen atoms in total. The summed E-state index contributed by atoms with van der Waals surface area (Å²) in [7, 11) is 1.65. The maximum Gasteiger partial charge on any atom is 0.273 e. The highest BCUT2D eigenvalue weighted by Gasteiger charge is 2.18. The van der Waals surface area contributed by atoms with Crippen LogP contribution in [0.5, 0.6) is 5.75 Å². The minimum absolute atomic E-state index is 0.154. The first kappa shape index (κ1) is 17.1. The van der Waals surface area contributed by atoms with Gasteiger partial charge in [0.15, 0.2) is 11.6 Å². The van der Waals surface area contributed by atoms with Crippen LogP contribution in [0.4, 0.5) is 0 Å². The van der Waals surface area contributed by atoms with Crippen molar-refractivity contribution in [2.24, 2.45) is 0 Å². The summed E-state index contributed by atoms with van der Waals surface area (Å²) >= 11 is 0. The first-order valence-corrected chi connectivity index (χ1v) is 8.39. The number of fused-ring (bicyclic) bond motifs is 1. The van der Waals surface area contributed by atoms with Crippen LogP contribution in [0.15, 0.2) is 28.8 Å². The smallest absolute Gasteiger partial charge is 0.273 e. The second kappa shape index (κ2) is 7.01. The van der Waals surface area contributed by atoms with E-state index >= 15 is 0 Å². The number of hydrogen-bond acceptors (Lipinski definition) is 4. The number of ether oxygens (including phenoxy) is 1. The van der Waals surface area contributed by atoms with Crippen molar-refractivity contribution in [2.45, 2.75) is 33.1 Å². The number of rotatable bonds is 6. The fraction of sp³-hybridized carbons (Fsp3) is 0.368. The standard InChI is InChI=1S/C19H23N3O3/c1-11(2)19-22-17(12(3)25-19)18(23)20-8-7-13-10-21-16-6-5-14(24-4)9-15(13)16/h5-6,9-11,21H,7-8H2,1-4H3,(H,20,23). The normalized spacial score (nSPS) is 11.2. The zero-order valence-electron chi connectivity index (χ0n) is 15.0. The van der Waals surface area contributed by atoms with Crippen molar-refractivity contribution in [3.63, 3.8) is 0 Å². The number of nitrogens with one attached hydrogen (secondary N) is 2. The van der Waals surface area contributed by atoms with Crippen LogP contribution in [-0.4, -0.2) is 29.5 Å². The van der Waals surface area contributed by atoms with Crippen LogP contribution in [0, 0.1) is 6.92 Å². The van der Waals surface area contributed by atoms with E-state index < -0.39 is 0 Å². The number of aromatic amines is 1. The Kier molecular flexibility index (Phi) is 4.79. The lowest BCUT2D eigenvalue weighted by atomic mass is 10.1. The third-order valence-corrected chi connectivity index (χ3v) is 4.18. The van der Waals surface area contributed by atoms with E-state index in [0.717, 1.165) is 22.2 Å². The molecule has 0 radical (unpaired) electrons. The molecule has 2 N–H and O–H groups in total. The molecule has 3 rings (SSSR count). The number of methoxy groups -OCH3 is 1. The Hall–Kier alpha value is -2.76. The second-order valence-corrected chi connectivity index (χ2v) is 6.34. The number of aryl methyl sites for hydroxylation is 1. The van der Waals surface area contributed by atoms with E-state index in [1.54, 1.807) is 14.0 Å². The molecule has 0 aliphatic heterocycles. The zero-order chi connectivity index (χ0) is 18.0. The molecule has 6 heteroatoms. The summed E-state index contributed by atoms with van der Waals surface area (Å²) < 4.78 is 10.8. The molecule has 0 bridgehead atoms. The zero-order valence-corrected chi connectivity index (χ0v) is 15.0. The lowest BCUT2D eigenvalue weighted by Crippen LogP contribution is -2.26. The SMILES string of the molecule is COc1ccc2[nH]cc(CCNC(=O)c3nc(C(C)C)oc3C)c2c1. The largest absolute Gasteiger partial charge is 0.497 e. The molecule has 2 aromatic heterocycles. The average molecular weight is 341 g/mol. The van der Waals surface area contributed by atoms with Crippen LogP contribution < -0.4 is 10.1 Å².